The van der Waals surface area contributed by atoms with Crippen molar-refractivity contribution in [1.29, 1.82) is 0 Å². The monoisotopic (exact) mass is 711 g/mol. The van der Waals surface area contributed by atoms with E-state index in [1.807, 2.05) is 0 Å². The van der Waals surface area contributed by atoms with Gasteiger partial charge in [-0.25, -0.2) is 18.1 Å². The van der Waals surface area contributed by atoms with Crippen LogP contribution in [0.15, 0.2) is 34.3 Å². The van der Waals surface area contributed by atoms with Crippen LogP contribution in [-0.4, -0.2) is 96.7 Å². The first-order valence-corrected chi connectivity index (χ1v) is 16.4. The number of amides is 3. The van der Waals surface area contributed by atoms with Crippen molar-refractivity contribution in [2.75, 3.05) is 26.2 Å². The minimum Gasteiger partial charge on any atom is -0.480 e. The summed E-state index contributed by atoms with van der Waals surface area (Å²) in [6.45, 7) is 0.467. The summed E-state index contributed by atoms with van der Waals surface area (Å²) < 4.78 is 49.9. The molecule has 1 aromatic heterocycles. The summed E-state index contributed by atoms with van der Waals surface area (Å²) in [7, 11) is -5.01. The predicted molar refractivity (Wildman–Crippen MR) is 162 cm³/mol. The second-order valence-electron chi connectivity index (χ2n) is 11.9. The lowest BCUT2D eigenvalue weighted by molar-refractivity contribution is -0.137. The quantitative estimate of drug-likeness (QED) is 0.259. The number of carboxylic acids is 1. The zero-order valence-electron chi connectivity index (χ0n) is 26.1. The van der Waals surface area contributed by atoms with Crippen molar-refractivity contribution in [3.8, 4) is 5.75 Å². The molecule has 0 unspecified atom stereocenters. The highest BCUT2D eigenvalue weighted by atomic mass is 31.2. The normalized spacial score (nSPS) is 21.4. The SMILES string of the molecule is CC1=NO[C@@]2(CC[C@H](C)N3C[C@H]2n2cc(C(=O)NCc4ccc(F)cc4F)c(=O)c(OC(=O)N(CCOP(=O)(O)O)CC(=O)O)c2C3=O)C1. The Bertz CT molecular complexity index is 1850. The van der Waals surface area contributed by atoms with E-state index in [2.05, 4.69) is 15.0 Å². The summed E-state index contributed by atoms with van der Waals surface area (Å²) >= 11 is 0. The van der Waals surface area contributed by atoms with Crippen LogP contribution in [-0.2, 0) is 25.3 Å². The van der Waals surface area contributed by atoms with Gasteiger partial charge in [0.05, 0.1) is 18.4 Å². The molecule has 0 saturated carbocycles. The van der Waals surface area contributed by atoms with Crippen LogP contribution in [0.2, 0.25) is 0 Å². The predicted octanol–water partition coefficient (Wildman–Crippen LogP) is 1.77. The van der Waals surface area contributed by atoms with E-state index in [0.717, 1.165) is 18.3 Å². The molecule has 3 aliphatic rings. The average Bonchev–Trinajstić information content (AvgIpc) is 3.34. The van der Waals surface area contributed by atoms with Gasteiger partial charge >= 0.3 is 19.9 Å². The maximum atomic E-state index is 14.3. The number of nitrogens with one attached hydrogen (secondary N) is 1. The Morgan fingerprint density at radius 1 is 1.24 bits per heavy atom. The fraction of sp³-hybridized carbons (Fsp3) is 0.448. The first-order chi connectivity index (χ1) is 23.0. The van der Waals surface area contributed by atoms with Gasteiger partial charge in [-0.05, 0) is 32.8 Å². The van der Waals surface area contributed by atoms with Crippen molar-refractivity contribution in [3.63, 3.8) is 0 Å². The van der Waals surface area contributed by atoms with E-state index in [0.29, 0.717) is 35.9 Å². The van der Waals surface area contributed by atoms with Crippen LogP contribution in [0.5, 0.6) is 5.75 Å². The van der Waals surface area contributed by atoms with E-state index in [4.69, 9.17) is 19.4 Å². The molecule has 17 nitrogen and oxygen atoms in total. The van der Waals surface area contributed by atoms with E-state index in [-0.39, 0.29) is 18.2 Å². The number of nitrogens with zero attached hydrogens (tertiary/aromatic N) is 4. The Hall–Kier alpha value is -4.71. The molecule has 4 N–H and O–H groups in total. The van der Waals surface area contributed by atoms with Gasteiger partial charge < -0.3 is 39.3 Å². The molecule has 3 atom stereocenters. The van der Waals surface area contributed by atoms with E-state index in [9.17, 15) is 42.4 Å². The van der Waals surface area contributed by atoms with Gasteiger partial charge in [-0.3, -0.25) is 28.6 Å². The van der Waals surface area contributed by atoms with Crippen LogP contribution < -0.4 is 15.5 Å². The molecule has 264 valence electrons. The molecule has 0 aliphatic carbocycles. The highest BCUT2D eigenvalue weighted by Crippen LogP contribution is 2.46. The number of carboxylic acid groups (broad SMARTS) is 1. The van der Waals surface area contributed by atoms with Gasteiger partial charge in [0, 0.05) is 49.9 Å². The highest BCUT2D eigenvalue weighted by molar-refractivity contribution is 7.46. The molecular weight excluding hydrogens is 679 g/mol. The van der Waals surface area contributed by atoms with Crippen LogP contribution in [0.3, 0.4) is 0 Å². The van der Waals surface area contributed by atoms with E-state index in [1.165, 1.54) is 9.47 Å². The lowest BCUT2D eigenvalue weighted by Gasteiger charge is -2.42. The Labute approximate surface area is 276 Å². The molecule has 1 aromatic carbocycles. The third kappa shape index (κ3) is 7.49. The summed E-state index contributed by atoms with van der Waals surface area (Å²) in [5, 5.41) is 15.9. The van der Waals surface area contributed by atoms with E-state index >= 15 is 0 Å². The topological polar surface area (TPSA) is 227 Å². The second kappa shape index (κ2) is 13.7. The third-order valence-corrected chi connectivity index (χ3v) is 9.04. The standard InChI is InChI=1S/C29H32F2N5O12P/c1-15-10-29(48-33-15)6-5-16(2)35-13-21(29)36-12-19(26(40)32-11-17-3-4-18(30)9-20(17)31)24(39)25(23(36)27(35)41)47-28(42)34(14-22(37)38)7-8-46-49(43,44)45/h3-4,9,12,16,21H,5-8,10-11,13-14H2,1-2H3,(H,32,40)(H,37,38)(H2,43,44,45)/t16-,21+,29-/m0/s1. The number of phosphoric ester groups is 1. The lowest BCUT2D eigenvalue weighted by Crippen LogP contribution is -2.53. The summed E-state index contributed by atoms with van der Waals surface area (Å²) in [6, 6.07) is 1.51. The number of hydrogen-bond acceptors (Lipinski definition) is 10. The molecular formula is C29H32F2N5O12P. The van der Waals surface area contributed by atoms with Crippen LogP contribution in [0.4, 0.5) is 13.6 Å². The Kier molecular flexibility index (Phi) is 9.92. The number of fused-ring (bicyclic) bond motifs is 5. The number of hydrogen-bond donors (Lipinski definition) is 4. The highest BCUT2D eigenvalue weighted by Gasteiger charge is 2.54. The molecule has 2 bridgehead atoms. The van der Waals surface area contributed by atoms with E-state index < -0.39 is 104 Å². The van der Waals surface area contributed by atoms with Gasteiger partial charge in [-0.1, -0.05) is 11.2 Å². The number of ether oxygens (including phenoxy) is 1. The van der Waals surface area contributed by atoms with Gasteiger partial charge in [0.15, 0.2) is 11.3 Å². The van der Waals surface area contributed by atoms with Crippen molar-refractivity contribution < 1.29 is 61.5 Å². The molecule has 0 radical (unpaired) electrons. The summed E-state index contributed by atoms with van der Waals surface area (Å²) in [4.78, 5) is 92.3. The molecule has 49 heavy (non-hydrogen) atoms. The largest absolute Gasteiger partial charge is 0.480 e. The lowest BCUT2D eigenvalue weighted by atomic mass is 9.84. The molecule has 1 spiro atoms. The molecule has 3 aliphatic heterocycles. The minimum absolute atomic E-state index is 0.0543. The Morgan fingerprint density at radius 2 is 1.98 bits per heavy atom. The second-order valence-corrected chi connectivity index (χ2v) is 13.1. The van der Waals surface area contributed by atoms with Gasteiger partial charge in [0.25, 0.3) is 11.8 Å². The summed E-state index contributed by atoms with van der Waals surface area (Å²) in [6.07, 6.45) is 0.772. The molecule has 2 aromatic rings. The van der Waals surface area contributed by atoms with Crippen LogP contribution >= 0.6 is 7.82 Å². The number of rotatable bonds is 10. The number of oxime groups is 1. The molecule has 5 rings (SSSR count). The fourth-order valence-corrected chi connectivity index (χ4v) is 6.44. The number of benzene rings is 1. The van der Waals surface area contributed by atoms with Crippen molar-refractivity contribution >= 4 is 37.4 Å². The zero-order chi connectivity index (χ0) is 35.8. The maximum absolute atomic E-state index is 14.3. The third-order valence-electron chi connectivity index (χ3n) is 8.52. The molecule has 1 fully saturated rings. The first-order valence-electron chi connectivity index (χ1n) is 14.9. The van der Waals surface area contributed by atoms with Gasteiger partial charge in [-0.2, -0.15) is 0 Å². The maximum Gasteiger partial charge on any atom is 0.469 e. The fourth-order valence-electron chi connectivity index (χ4n) is 6.12. The van der Waals surface area contributed by atoms with Gasteiger partial charge in [-0.15, -0.1) is 0 Å². The number of aromatic nitrogens is 1. The molecule has 3 amide bonds. The van der Waals surface area contributed by atoms with Crippen molar-refractivity contribution in [2.45, 2.75) is 57.3 Å². The number of pyridine rings is 1. The van der Waals surface area contributed by atoms with E-state index in [1.54, 1.807) is 13.8 Å². The van der Waals surface area contributed by atoms with Gasteiger partial charge in [0.2, 0.25) is 11.2 Å². The molecule has 4 heterocycles. The number of carbonyl (C=O) groups is 4. The molecule has 1 saturated heterocycles. The molecule has 20 heteroatoms. The average molecular weight is 712 g/mol. The number of phosphoric acid groups is 1. The van der Waals surface area contributed by atoms with Crippen LogP contribution in [0.1, 0.15) is 65.6 Å². The van der Waals surface area contributed by atoms with Crippen LogP contribution in [0, 0.1) is 11.6 Å². The zero-order valence-corrected chi connectivity index (χ0v) is 27.0. The minimum atomic E-state index is -5.01. The number of carbonyl (C=O) groups excluding carboxylic acids is 3. The van der Waals surface area contributed by atoms with Crippen molar-refractivity contribution in [3.05, 3.63) is 63.1 Å². The van der Waals surface area contributed by atoms with Gasteiger partial charge in [0.1, 0.15) is 23.7 Å². The van der Waals surface area contributed by atoms with Crippen molar-refractivity contribution in [2.24, 2.45) is 5.16 Å². The Balaban J connectivity index is 1.60. The first kappa shape index (κ1) is 35.6. The van der Waals surface area contributed by atoms with Crippen LogP contribution in [0.25, 0.3) is 0 Å². The summed E-state index contributed by atoms with van der Waals surface area (Å²) in [5.41, 5.74) is -2.86. The van der Waals surface area contributed by atoms with Crippen molar-refractivity contribution in [1.82, 2.24) is 19.7 Å². The number of halogens is 2. The smallest absolute Gasteiger partial charge is 0.469 e. The number of aliphatic carboxylic acids is 1. The Morgan fingerprint density at radius 3 is 2.61 bits per heavy atom. The summed E-state index contributed by atoms with van der Waals surface area (Å²) in [5.74, 6) is -6.14.